The van der Waals surface area contributed by atoms with Crippen LogP contribution in [0.1, 0.15) is 33.6 Å². The zero-order valence-electron chi connectivity index (χ0n) is 8.59. The van der Waals surface area contributed by atoms with Crippen LogP contribution in [0.4, 0.5) is 0 Å². The summed E-state index contributed by atoms with van der Waals surface area (Å²) >= 11 is 0. The molecule has 1 aliphatic rings. The first-order valence-corrected chi connectivity index (χ1v) is 5.11. The lowest BCUT2D eigenvalue weighted by atomic mass is 9.98. The standard InChI is InChI=1S/C10H22N2/c1-8(2)12-6-4-9(3)10(11)5-7-12/h8-10H,4-7,11H2,1-3H3/t9-,10?/m0/s1. The van der Waals surface area contributed by atoms with Crippen molar-refractivity contribution in [2.24, 2.45) is 11.7 Å². The van der Waals surface area contributed by atoms with E-state index in [0.717, 1.165) is 0 Å². The first-order chi connectivity index (χ1) is 5.61. The van der Waals surface area contributed by atoms with Crippen molar-refractivity contribution in [2.45, 2.75) is 45.7 Å². The van der Waals surface area contributed by atoms with Gasteiger partial charge in [0.1, 0.15) is 0 Å². The summed E-state index contributed by atoms with van der Waals surface area (Å²) in [6.45, 7) is 9.22. The van der Waals surface area contributed by atoms with E-state index in [-0.39, 0.29) is 0 Å². The maximum absolute atomic E-state index is 6.01. The number of likely N-dealkylation sites (tertiary alicyclic amines) is 1. The van der Waals surface area contributed by atoms with Gasteiger partial charge in [-0.2, -0.15) is 0 Å². The number of nitrogens with zero attached hydrogens (tertiary/aromatic N) is 1. The average Bonchev–Trinajstić information content (AvgIpc) is 2.16. The van der Waals surface area contributed by atoms with Crippen molar-refractivity contribution in [3.8, 4) is 0 Å². The summed E-state index contributed by atoms with van der Waals surface area (Å²) in [7, 11) is 0. The van der Waals surface area contributed by atoms with E-state index in [4.69, 9.17) is 5.73 Å². The number of nitrogens with two attached hydrogens (primary N) is 1. The van der Waals surface area contributed by atoms with E-state index in [1.807, 2.05) is 0 Å². The third-order valence-corrected chi connectivity index (χ3v) is 3.08. The quantitative estimate of drug-likeness (QED) is 0.645. The van der Waals surface area contributed by atoms with Crippen molar-refractivity contribution in [1.29, 1.82) is 0 Å². The van der Waals surface area contributed by atoms with Crippen molar-refractivity contribution in [3.05, 3.63) is 0 Å². The highest BCUT2D eigenvalue weighted by Gasteiger charge is 2.20. The fourth-order valence-electron chi connectivity index (χ4n) is 1.81. The zero-order chi connectivity index (χ0) is 9.14. The van der Waals surface area contributed by atoms with E-state index in [9.17, 15) is 0 Å². The molecule has 0 aromatic heterocycles. The molecule has 2 N–H and O–H groups in total. The maximum atomic E-state index is 6.01. The molecule has 2 atom stereocenters. The van der Waals surface area contributed by atoms with Crippen LogP contribution in [0.15, 0.2) is 0 Å². The Bertz CT molecular complexity index is 122. The highest BCUT2D eigenvalue weighted by molar-refractivity contribution is 4.78. The van der Waals surface area contributed by atoms with E-state index in [2.05, 4.69) is 25.7 Å². The third kappa shape index (κ3) is 2.46. The van der Waals surface area contributed by atoms with E-state index in [1.165, 1.54) is 25.9 Å². The largest absolute Gasteiger partial charge is 0.327 e. The van der Waals surface area contributed by atoms with Crippen LogP contribution < -0.4 is 5.73 Å². The molecule has 0 aromatic carbocycles. The zero-order valence-corrected chi connectivity index (χ0v) is 8.59. The van der Waals surface area contributed by atoms with Gasteiger partial charge in [0.25, 0.3) is 0 Å². The van der Waals surface area contributed by atoms with Crippen molar-refractivity contribution >= 4 is 0 Å². The van der Waals surface area contributed by atoms with Gasteiger partial charge >= 0.3 is 0 Å². The van der Waals surface area contributed by atoms with Gasteiger partial charge in [-0.1, -0.05) is 6.92 Å². The fourth-order valence-corrected chi connectivity index (χ4v) is 1.81. The van der Waals surface area contributed by atoms with Crippen LogP contribution in [-0.2, 0) is 0 Å². The Morgan fingerprint density at radius 1 is 1.25 bits per heavy atom. The number of hydrogen-bond acceptors (Lipinski definition) is 2. The molecule has 0 aliphatic carbocycles. The highest BCUT2D eigenvalue weighted by atomic mass is 15.1. The van der Waals surface area contributed by atoms with Gasteiger partial charge in [0.15, 0.2) is 0 Å². The highest BCUT2D eigenvalue weighted by Crippen LogP contribution is 2.17. The Kier molecular flexibility index (Phi) is 3.53. The van der Waals surface area contributed by atoms with Gasteiger partial charge in [-0.25, -0.2) is 0 Å². The van der Waals surface area contributed by atoms with Crippen molar-refractivity contribution in [1.82, 2.24) is 4.90 Å². The lowest BCUT2D eigenvalue weighted by Crippen LogP contribution is -2.32. The molecule has 0 saturated carbocycles. The molecule has 1 unspecified atom stereocenters. The number of rotatable bonds is 1. The van der Waals surface area contributed by atoms with Crippen LogP contribution in [0, 0.1) is 5.92 Å². The van der Waals surface area contributed by atoms with Crippen molar-refractivity contribution < 1.29 is 0 Å². The molecular formula is C10H22N2. The SMILES string of the molecule is CC(C)N1CCC(N)[C@@H](C)CC1. The lowest BCUT2D eigenvalue weighted by molar-refractivity contribution is 0.228. The Labute approximate surface area is 76.1 Å². The Hall–Kier alpha value is -0.0800. The second-order valence-electron chi connectivity index (χ2n) is 4.35. The average molecular weight is 170 g/mol. The van der Waals surface area contributed by atoms with Gasteiger partial charge in [0, 0.05) is 12.1 Å². The molecule has 0 spiro atoms. The van der Waals surface area contributed by atoms with Gasteiger partial charge < -0.3 is 10.6 Å². The fraction of sp³-hybridized carbons (Fsp3) is 1.00. The van der Waals surface area contributed by atoms with Crippen LogP contribution >= 0.6 is 0 Å². The van der Waals surface area contributed by atoms with E-state index in [0.29, 0.717) is 18.0 Å². The van der Waals surface area contributed by atoms with Crippen LogP contribution in [0.5, 0.6) is 0 Å². The van der Waals surface area contributed by atoms with E-state index in [1.54, 1.807) is 0 Å². The predicted octanol–water partition coefficient (Wildman–Crippen LogP) is 1.45. The molecule has 0 bridgehead atoms. The Morgan fingerprint density at radius 3 is 2.42 bits per heavy atom. The monoisotopic (exact) mass is 170 g/mol. The summed E-state index contributed by atoms with van der Waals surface area (Å²) in [4.78, 5) is 2.53. The van der Waals surface area contributed by atoms with Gasteiger partial charge in [-0.15, -0.1) is 0 Å². The molecule has 0 radical (unpaired) electrons. The molecule has 72 valence electrons. The summed E-state index contributed by atoms with van der Waals surface area (Å²) in [5.74, 6) is 0.703. The van der Waals surface area contributed by atoms with Gasteiger partial charge in [0.05, 0.1) is 0 Å². The minimum Gasteiger partial charge on any atom is -0.327 e. The van der Waals surface area contributed by atoms with Crippen molar-refractivity contribution in [3.63, 3.8) is 0 Å². The first kappa shape index (κ1) is 10.0. The Morgan fingerprint density at radius 2 is 1.83 bits per heavy atom. The lowest BCUT2D eigenvalue weighted by Gasteiger charge is -2.24. The first-order valence-electron chi connectivity index (χ1n) is 5.11. The summed E-state index contributed by atoms with van der Waals surface area (Å²) in [6.07, 6.45) is 2.43. The molecule has 2 nitrogen and oxygen atoms in total. The van der Waals surface area contributed by atoms with Crippen LogP contribution in [0.25, 0.3) is 0 Å². The van der Waals surface area contributed by atoms with Crippen LogP contribution in [0.2, 0.25) is 0 Å². The molecule has 1 rings (SSSR count). The molecule has 1 fully saturated rings. The van der Waals surface area contributed by atoms with Gasteiger partial charge in [-0.3, -0.25) is 0 Å². The minimum absolute atomic E-state index is 0.425. The second kappa shape index (κ2) is 4.24. The molecule has 12 heavy (non-hydrogen) atoms. The van der Waals surface area contributed by atoms with Gasteiger partial charge in [-0.05, 0) is 45.7 Å². The van der Waals surface area contributed by atoms with E-state index < -0.39 is 0 Å². The topological polar surface area (TPSA) is 29.3 Å². The van der Waals surface area contributed by atoms with Crippen molar-refractivity contribution in [2.75, 3.05) is 13.1 Å². The summed E-state index contributed by atoms with van der Waals surface area (Å²) in [6, 6.07) is 1.11. The normalized spacial score (nSPS) is 33.8. The van der Waals surface area contributed by atoms with Crippen LogP contribution in [-0.4, -0.2) is 30.1 Å². The molecule has 2 heteroatoms. The second-order valence-corrected chi connectivity index (χ2v) is 4.35. The molecule has 0 aromatic rings. The van der Waals surface area contributed by atoms with Gasteiger partial charge in [0.2, 0.25) is 0 Å². The maximum Gasteiger partial charge on any atom is 0.00771 e. The molecule has 1 saturated heterocycles. The third-order valence-electron chi connectivity index (χ3n) is 3.08. The number of hydrogen-bond donors (Lipinski definition) is 1. The smallest absolute Gasteiger partial charge is 0.00771 e. The summed E-state index contributed by atoms with van der Waals surface area (Å²) in [5.41, 5.74) is 6.01. The minimum atomic E-state index is 0.425. The summed E-state index contributed by atoms with van der Waals surface area (Å²) < 4.78 is 0. The predicted molar refractivity (Wildman–Crippen MR) is 53.1 cm³/mol. The summed E-state index contributed by atoms with van der Waals surface area (Å²) in [5, 5.41) is 0. The van der Waals surface area contributed by atoms with E-state index >= 15 is 0 Å². The molecule has 1 aliphatic heterocycles. The molecule has 0 amide bonds. The van der Waals surface area contributed by atoms with Crippen LogP contribution in [0.3, 0.4) is 0 Å². The molecular weight excluding hydrogens is 148 g/mol. The molecule has 1 heterocycles. The Balaban J connectivity index is 2.44.